The Morgan fingerprint density at radius 1 is 1.10 bits per heavy atom. The van der Waals surface area contributed by atoms with Crippen molar-refractivity contribution >= 4 is 0 Å². The van der Waals surface area contributed by atoms with Gasteiger partial charge in [0.15, 0.2) is 0 Å². The molecule has 3 rings (SSSR count). The van der Waals surface area contributed by atoms with Crippen LogP contribution in [0.15, 0.2) is 42.9 Å². The topological polar surface area (TPSA) is 47.1 Å². The number of nitrogens with zero attached hydrogens (tertiary/aromatic N) is 3. The van der Waals surface area contributed by atoms with Crippen LogP contribution < -0.4 is 5.73 Å². The third kappa shape index (κ3) is 3.71. The molecule has 1 atom stereocenters. The highest BCUT2D eigenvalue weighted by Gasteiger charge is 2.15. The normalized spacial score (nSPS) is 17.2. The molecule has 0 unspecified atom stereocenters. The van der Waals surface area contributed by atoms with Crippen LogP contribution in [0, 0.1) is 0 Å². The van der Waals surface area contributed by atoms with Crippen molar-refractivity contribution in [2.75, 3.05) is 19.6 Å². The molecule has 112 valence electrons. The maximum absolute atomic E-state index is 6.38. The minimum atomic E-state index is 0.00785. The largest absolute Gasteiger partial charge is 0.332 e. The van der Waals surface area contributed by atoms with Crippen LogP contribution in [0.4, 0.5) is 0 Å². The van der Waals surface area contributed by atoms with Gasteiger partial charge < -0.3 is 15.2 Å². The van der Waals surface area contributed by atoms with Gasteiger partial charge in [0.1, 0.15) is 0 Å². The smallest absolute Gasteiger partial charge is 0.0949 e. The summed E-state index contributed by atoms with van der Waals surface area (Å²) in [5.41, 5.74) is 8.79. The molecule has 1 aliphatic heterocycles. The number of nitrogens with two attached hydrogens (primary N) is 1. The third-order valence-electron chi connectivity index (χ3n) is 4.28. The Morgan fingerprint density at radius 3 is 2.62 bits per heavy atom. The van der Waals surface area contributed by atoms with Crippen LogP contribution in [0.25, 0.3) is 0 Å². The summed E-state index contributed by atoms with van der Waals surface area (Å²) in [5.74, 6) is 0. The second-order valence-corrected chi connectivity index (χ2v) is 5.86. The first-order chi connectivity index (χ1) is 10.3. The molecule has 0 amide bonds. The molecule has 1 fully saturated rings. The number of rotatable bonds is 6. The number of hydrogen-bond acceptors (Lipinski definition) is 3. The van der Waals surface area contributed by atoms with Gasteiger partial charge in [-0.05, 0) is 37.9 Å². The predicted molar refractivity (Wildman–Crippen MR) is 85.0 cm³/mol. The number of hydrogen-bond donors (Lipinski definition) is 1. The molecule has 4 nitrogen and oxygen atoms in total. The standard InChI is InChI=1S/C17H24N4/c18-16(12-15-6-2-1-3-7-15)17-13-19-14-21(17)11-10-20-8-4-5-9-20/h1-3,6-7,13-14,16H,4-5,8-12,18H2/t16-/m1/s1. The fourth-order valence-corrected chi connectivity index (χ4v) is 3.05. The Balaban J connectivity index is 1.61. The van der Waals surface area contributed by atoms with Gasteiger partial charge in [-0.15, -0.1) is 0 Å². The minimum Gasteiger partial charge on any atom is -0.332 e. The first-order valence-corrected chi connectivity index (χ1v) is 7.85. The average Bonchev–Trinajstić information content (AvgIpc) is 3.17. The van der Waals surface area contributed by atoms with Crippen LogP contribution >= 0.6 is 0 Å². The predicted octanol–water partition coefficient (Wildman–Crippen LogP) is 2.22. The van der Waals surface area contributed by atoms with Gasteiger partial charge in [-0.2, -0.15) is 0 Å². The molecule has 0 aliphatic carbocycles. The Kier molecular flexibility index (Phi) is 4.68. The zero-order valence-electron chi connectivity index (χ0n) is 12.5. The van der Waals surface area contributed by atoms with Crippen molar-refractivity contribution in [2.24, 2.45) is 5.73 Å². The highest BCUT2D eigenvalue weighted by Crippen LogP contribution is 2.16. The first kappa shape index (κ1) is 14.3. The lowest BCUT2D eigenvalue weighted by Crippen LogP contribution is -2.26. The Bertz CT molecular complexity index is 543. The van der Waals surface area contributed by atoms with Gasteiger partial charge in [-0.3, -0.25) is 0 Å². The van der Waals surface area contributed by atoms with Crippen LogP contribution in [0.1, 0.15) is 30.1 Å². The third-order valence-corrected chi connectivity index (χ3v) is 4.28. The maximum Gasteiger partial charge on any atom is 0.0949 e. The van der Waals surface area contributed by atoms with Crippen molar-refractivity contribution < 1.29 is 0 Å². The monoisotopic (exact) mass is 284 g/mol. The summed E-state index contributed by atoms with van der Waals surface area (Å²) in [6.07, 6.45) is 7.36. The quantitative estimate of drug-likeness (QED) is 0.885. The van der Waals surface area contributed by atoms with Crippen molar-refractivity contribution in [3.63, 3.8) is 0 Å². The molecule has 1 saturated heterocycles. The highest BCUT2D eigenvalue weighted by atomic mass is 15.2. The number of aromatic nitrogens is 2. The molecule has 4 heteroatoms. The van der Waals surface area contributed by atoms with E-state index in [0.717, 1.165) is 25.2 Å². The summed E-state index contributed by atoms with van der Waals surface area (Å²) in [7, 11) is 0. The van der Waals surface area contributed by atoms with Crippen LogP contribution in [-0.4, -0.2) is 34.1 Å². The molecule has 2 heterocycles. The van der Waals surface area contributed by atoms with Crippen molar-refractivity contribution in [1.29, 1.82) is 0 Å². The zero-order chi connectivity index (χ0) is 14.5. The minimum absolute atomic E-state index is 0.00785. The molecular weight excluding hydrogens is 260 g/mol. The summed E-state index contributed by atoms with van der Waals surface area (Å²) < 4.78 is 2.21. The van der Waals surface area contributed by atoms with Crippen LogP contribution in [0.3, 0.4) is 0 Å². The summed E-state index contributed by atoms with van der Waals surface area (Å²) in [6.45, 7) is 4.55. The fraction of sp³-hybridized carbons (Fsp3) is 0.471. The van der Waals surface area contributed by atoms with Crippen molar-refractivity contribution in [3.8, 4) is 0 Å². The molecule has 2 N–H and O–H groups in total. The SMILES string of the molecule is N[C@H](Cc1ccccc1)c1cncn1CCN1CCCC1. The Hall–Kier alpha value is -1.65. The molecule has 21 heavy (non-hydrogen) atoms. The lowest BCUT2D eigenvalue weighted by atomic mass is 10.0. The molecular formula is C17H24N4. The summed E-state index contributed by atoms with van der Waals surface area (Å²) in [6, 6.07) is 10.4. The van der Waals surface area contributed by atoms with Gasteiger partial charge in [-0.1, -0.05) is 30.3 Å². The van der Waals surface area contributed by atoms with Crippen LogP contribution in [0.5, 0.6) is 0 Å². The van der Waals surface area contributed by atoms with Crippen LogP contribution in [0.2, 0.25) is 0 Å². The molecule has 0 spiro atoms. The van der Waals surface area contributed by atoms with E-state index in [-0.39, 0.29) is 6.04 Å². The van der Waals surface area contributed by atoms with E-state index in [1.807, 2.05) is 18.6 Å². The number of imidazole rings is 1. The van der Waals surface area contributed by atoms with E-state index in [1.54, 1.807) is 0 Å². The van der Waals surface area contributed by atoms with Gasteiger partial charge >= 0.3 is 0 Å². The van der Waals surface area contributed by atoms with E-state index in [9.17, 15) is 0 Å². The van der Waals surface area contributed by atoms with Gasteiger partial charge in [-0.25, -0.2) is 4.98 Å². The number of likely N-dealkylation sites (tertiary alicyclic amines) is 1. The van der Waals surface area contributed by atoms with E-state index >= 15 is 0 Å². The van der Waals surface area contributed by atoms with Crippen molar-refractivity contribution in [1.82, 2.24) is 14.5 Å². The lowest BCUT2D eigenvalue weighted by Gasteiger charge is -2.18. The van der Waals surface area contributed by atoms with Crippen molar-refractivity contribution in [3.05, 3.63) is 54.1 Å². The highest BCUT2D eigenvalue weighted by molar-refractivity contribution is 5.18. The Morgan fingerprint density at radius 2 is 1.86 bits per heavy atom. The molecule has 2 aromatic rings. The second kappa shape index (κ2) is 6.87. The molecule has 0 saturated carbocycles. The Labute approximate surface area is 126 Å². The van der Waals surface area contributed by atoms with Crippen LogP contribution in [-0.2, 0) is 13.0 Å². The van der Waals surface area contributed by atoms with Gasteiger partial charge in [0.25, 0.3) is 0 Å². The average molecular weight is 284 g/mol. The molecule has 0 bridgehead atoms. The van der Waals surface area contributed by atoms with Crippen molar-refractivity contribution in [2.45, 2.75) is 31.8 Å². The summed E-state index contributed by atoms with van der Waals surface area (Å²) in [5, 5.41) is 0. The lowest BCUT2D eigenvalue weighted by molar-refractivity contribution is 0.319. The second-order valence-electron chi connectivity index (χ2n) is 5.86. The summed E-state index contributed by atoms with van der Waals surface area (Å²) in [4.78, 5) is 6.81. The van der Waals surface area contributed by atoms with E-state index in [1.165, 1.54) is 31.5 Å². The molecule has 1 aromatic heterocycles. The van der Waals surface area contributed by atoms with E-state index in [4.69, 9.17) is 5.73 Å². The van der Waals surface area contributed by atoms with E-state index in [2.05, 4.69) is 38.7 Å². The maximum atomic E-state index is 6.38. The fourth-order valence-electron chi connectivity index (χ4n) is 3.05. The zero-order valence-corrected chi connectivity index (χ0v) is 12.5. The van der Waals surface area contributed by atoms with Gasteiger partial charge in [0.2, 0.25) is 0 Å². The van der Waals surface area contributed by atoms with Gasteiger partial charge in [0, 0.05) is 19.3 Å². The first-order valence-electron chi connectivity index (χ1n) is 7.85. The van der Waals surface area contributed by atoms with E-state index in [0.29, 0.717) is 0 Å². The summed E-state index contributed by atoms with van der Waals surface area (Å²) >= 11 is 0. The van der Waals surface area contributed by atoms with E-state index < -0.39 is 0 Å². The number of benzene rings is 1. The molecule has 1 aliphatic rings. The molecule has 1 aromatic carbocycles. The van der Waals surface area contributed by atoms with Gasteiger partial charge in [0.05, 0.1) is 18.1 Å². The molecule has 0 radical (unpaired) electrons.